The van der Waals surface area contributed by atoms with Crippen LogP contribution in [0.5, 0.6) is 0 Å². The van der Waals surface area contributed by atoms with Gasteiger partial charge in [0.2, 0.25) is 5.09 Å². The number of aryl methyl sites for hydroxylation is 1. The van der Waals surface area contributed by atoms with Crippen LogP contribution >= 0.6 is 11.3 Å². The van der Waals surface area contributed by atoms with Crippen LogP contribution in [0.3, 0.4) is 0 Å². The van der Waals surface area contributed by atoms with E-state index in [1.165, 1.54) is 6.07 Å². The first-order valence-corrected chi connectivity index (χ1v) is 7.61. The summed E-state index contributed by atoms with van der Waals surface area (Å²) in [5.41, 5.74) is 0.954. The molecule has 0 radical (unpaired) electrons. The van der Waals surface area contributed by atoms with Crippen molar-refractivity contribution in [3.05, 3.63) is 34.0 Å². The van der Waals surface area contributed by atoms with Crippen LogP contribution in [0, 0.1) is 6.92 Å². The SMILES string of the molecule is Cc1nc(CNCc2ccc(S(N)(=O)=O)o2)cs1. The summed E-state index contributed by atoms with van der Waals surface area (Å²) in [5, 5.41) is 10.8. The van der Waals surface area contributed by atoms with Crippen molar-refractivity contribution in [1.82, 2.24) is 10.3 Å². The zero-order chi connectivity index (χ0) is 13.2. The summed E-state index contributed by atoms with van der Waals surface area (Å²) in [6.45, 7) is 2.97. The third-order valence-electron chi connectivity index (χ3n) is 2.19. The zero-order valence-corrected chi connectivity index (χ0v) is 11.3. The van der Waals surface area contributed by atoms with E-state index in [-0.39, 0.29) is 5.09 Å². The Bertz CT molecular complexity index is 630. The highest BCUT2D eigenvalue weighted by molar-refractivity contribution is 7.89. The number of hydrogen-bond donors (Lipinski definition) is 2. The van der Waals surface area contributed by atoms with Gasteiger partial charge in [0, 0.05) is 11.9 Å². The standard InChI is InChI=1S/C10H13N3O3S2/c1-7-13-8(6-17-7)4-12-5-9-2-3-10(16-9)18(11,14)15/h2-3,6,12H,4-5H2,1H3,(H2,11,14,15). The highest BCUT2D eigenvalue weighted by Crippen LogP contribution is 2.12. The lowest BCUT2D eigenvalue weighted by Gasteiger charge is -1.99. The predicted octanol–water partition coefficient (Wildman–Crippen LogP) is 0.982. The largest absolute Gasteiger partial charge is 0.447 e. The smallest absolute Gasteiger partial charge is 0.271 e. The number of furan rings is 1. The molecule has 8 heteroatoms. The first-order valence-electron chi connectivity index (χ1n) is 5.18. The van der Waals surface area contributed by atoms with Crippen molar-refractivity contribution in [3.63, 3.8) is 0 Å². The van der Waals surface area contributed by atoms with Gasteiger partial charge in [0.15, 0.2) is 0 Å². The van der Waals surface area contributed by atoms with Gasteiger partial charge in [-0.1, -0.05) is 0 Å². The van der Waals surface area contributed by atoms with E-state index in [4.69, 9.17) is 9.56 Å². The summed E-state index contributed by atoms with van der Waals surface area (Å²) in [6, 6.07) is 2.93. The molecule has 0 unspecified atom stereocenters. The second-order valence-corrected chi connectivity index (χ2v) is 6.28. The molecule has 0 amide bonds. The first-order chi connectivity index (χ1) is 8.45. The number of hydrogen-bond acceptors (Lipinski definition) is 6. The maximum atomic E-state index is 11.0. The van der Waals surface area contributed by atoms with Crippen LogP contribution in [-0.4, -0.2) is 13.4 Å². The molecule has 2 aromatic rings. The molecule has 0 aliphatic heterocycles. The van der Waals surface area contributed by atoms with Crippen LogP contribution in [0.2, 0.25) is 0 Å². The summed E-state index contributed by atoms with van der Waals surface area (Å²) in [5.74, 6) is 0.519. The molecular weight excluding hydrogens is 274 g/mol. The zero-order valence-electron chi connectivity index (χ0n) is 9.71. The number of rotatable bonds is 5. The fraction of sp³-hybridized carbons (Fsp3) is 0.300. The van der Waals surface area contributed by atoms with Crippen LogP contribution in [0.25, 0.3) is 0 Å². The quantitative estimate of drug-likeness (QED) is 0.854. The van der Waals surface area contributed by atoms with E-state index in [1.807, 2.05) is 12.3 Å². The molecule has 0 saturated carbocycles. The third kappa shape index (κ3) is 3.39. The van der Waals surface area contributed by atoms with Crippen molar-refractivity contribution in [2.24, 2.45) is 5.14 Å². The highest BCUT2D eigenvalue weighted by Gasteiger charge is 2.12. The number of nitrogens with zero attached hydrogens (tertiary/aromatic N) is 1. The Morgan fingerprint density at radius 3 is 2.78 bits per heavy atom. The van der Waals surface area contributed by atoms with Gasteiger partial charge in [-0.25, -0.2) is 18.5 Å². The number of sulfonamides is 1. The lowest BCUT2D eigenvalue weighted by atomic mass is 10.4. The number of aromatic nitrogens is 1. The Morgan fingerprint density at radius 1 is 1.44 bits per heavy atom. The second-order valence-electron chi connectivity index (χ2n) is 3.73. The molecule has 6 nitrogen and oxygen atoms in total. The van der Waals surface area contributed by atoms with E-state index in [9.17, 15) is 8.42 Å². The van der Waals surface area contributed by atoms with Crippen LogP contribution < -0.4 is 10.5 Å². The second kappa shape index (κ2) is 5.19. The Labute approximate surface area is 109 Å². The minimum atomic E-state index is -3.76. The maximum Gasteiger partial charge on any atom is 0.271 e. The van der Waals surface area contributed by atoms with Gasteiger partial charge in [-0.05, 0) is 19.1 Å². The van der Waals surface area contributed by atoms with Gasteiger partial charge in [0.05, 0.1) is 17.2 Å². The molecule has 0 aliphatic carbocycles. The molecule has 2 aromatic heterocycles. The van der Waals surface area contributed by atoms with Gasteiger partial charge in [-0.15, -0.1) is 11.3 Å². The van der Waals surface area contributed by atoms with Crippen LogP contribution in [0.1, 0.15) is 16.5 Å². The third-order valence-corrected chi connectivity index (χ3v) is 3.79. The lowest BCUT2D eigenvalue weighted by Crippen LogP contribution is -2.13. The molecule has 0 aliphatic rings. The minimum absolute atomic E-state index is 0.219. The Hall–Kier alpha value is -1.22. The van der Waals surface area contributed by atoms with Gasteiger partial charge in [-0.2, -0.15) is 0 Å². The fourth-order valence-corrected chi connectivity index (χ4v) is 2.50. The number of nitrogens with two attached hydrogens (primary N) is 1. The van der Waals surface area contributed by atoms with Gasteiger partial charge in [0.1, 0.15) is 5.76 Å². The molecular formula is C10H13N3O3S2. The van der Waals surface area contributed by atoms with Gasteiger partial charge in [-0.3, -0.25) is 0 Å². The van der Waals surface area contributed by atoms with Gasteiger partial charge >= 0.3 is 0 Å². The van der Waals surface area contributed by atoms with Crippen LogP contribution in [0.4, 0.5) is 0 Å². The molecule has 0 saturated heterocycles. The van der Waals surface area contributed by atoms with E-state index in [0.29, 0.717) is 18.8 Å². The number of primary sulfonamides is 1. The molecule has 0 atom stereocenters. The van der Waals surface area contributed by atoms with Crippen molar-refractivity contribution < 1.29 is 12.8 Å². The average Bonchev–Trinajstić information content (AvgIpc) is 2.87. The molecule has 2 rings (SSSR count). The molecule has 3 N–H and O–H groups in total. The number of thiazole rings is 1. The molecule has 0 aromatic carbocycles. The van der Waals surface area contributed by atoms with Crippen LogP contribution in [0.15, 0.2) is 27.0 Å². The summed E-state index contributed by atoms with van der Waals surface area (Å²) < 4.78 is 27.1. The molecule has 98 valence electrons. The predicted molar refractivity (Wildman–Crippen MR) is 67.5 cm³/mol. The molecule has 18 heavy (non-hydrogen) atoms. The average molecular weight is 287 g/mol. The topological polar surface area (TPSA) is 98.2 Å². The van der Waals surface area contributed by atoms with Crippen LogP contribution in [-0.2, 0) is 23.1 Å². The van der Waals surface area contributed by atoms with Crippen molar-refractivity contribution in [2.45, 2.75) is 25.1 Å². The van der Waals surface area contributed by atoms with Crippen molar-refractivity contribution in [1.29, 1.82) is 0 Å². The molecule has 0 bridgehead atoms. The maximum absolute atomic E-state index is 11.0. The van der Waals surface area contributed by atoms with Crippen molar-refractivity contribution >= 4 is 21.4 Å². The summed E-state index contributed by atoms with van der Waals surface area (Å²) in [6.07, 6.45) is 0. The molecule has 2 heterocycles. The highest BCUT2D eigenvalue weighted by atomic mass is 32.2. The summed E-state index contributed by atoms with van der Waals surface area (Å²) in [7, 11) is -3.76. The fourth-order valence-electron chi connectivity index (χ4n) is 1.41. The summed E-state index contributed by atoms with van der Waals surface area (Å²) in [4.78, 5) is 4.30. The van der Waals surface area contributed by atoms with E-state index >= 15 is 0 Å². The Balaban J connectivity index is 1.89. The first kappa shape index (κ1) is 13.2. The van der Waals surface area contributed by atoms with E-state index in [0.717, 1.165) is 10.7 Å². The Morgan fingerprint density at radius 2 is 2.22 bits per heavy atom. The molecule has 0 spiro atoms. The monoisotopic (exact) mass is 287 g/mol. The van der Waals surface area contributed by atoms with Gasteiger partial charge < -0.3 is 9.73 Å². The van der Waals surface area contributed by atoms with E-state index in [1.54, 1.807) is 17.4 Å². The van der Waals surface area contributed by atoms with E-state index < -0.39 is 10.0 Å². The van der Waals surface area contributed by atoms with Crippen molar-refractivity contribution in [2.75, 3.05) is 0 Å². The Kier molecular flexibility index (Phi) is 3.81. The lowest BCUT2D eigenvalue weighted by molar-refractivity contribution is 0.402. The summed E-state index contributed by atoms with van der Waals surface area (Å²) >= 11 is 1.59. The normalized spacial score (nSPS) is 11.9. The molecule has 0 fully saturated rings. The van der Waals surface area contributed by atoms with Crippen molar-refractivity contribution in [3.8, 4) is 0 Å². The van der Waals surface area contributed by atoms with E-state index in [2.05, 4.69) is 10.3 Å². The van der Waals surface area contributed by atoms with Gasteiger partial charge in [0.25, 0.3) is 10.0 Å². The minimum Gasteiger partial charge on any atom is -0.447 e. The number of nitrogens with one attached hydrogen (secondary N) is 1.